The summed E-state index contributed by atoms with van der Waals surface area (Å²) in [6, 6.07) is 13.1. The minimum absolute atomic E-state index is 0.399. The highest BCUT2D eigenvalue weighted by Crippen LogP contribution is 2.24. The molecule has 1 N–H and O–H groups in total. The van der Waals surface area contributed by atoms with Gasteiger partial charge in [-0.25, -0.2) is 0 Å². The molecule has 1 unspecified atom stereocenters. The van der Waals surface area contributed by atoms with E-state index in [2.05, 4.69) is 61.5 Å². The van der Waals surface area contributed by atoms with Gasteiger partial charge in [0.1, 0.15) is 0 Å². The summed E-state index contributed by atoms with van der Waals surface area (Å²) >= 11 is 3.55. The van der Waals surface area contributed by atoms with Gasteiger partial charge in [-0.3, -0.25) is 9.88 Å². The van der Waals surface area contributed by atoms with Gasteiger partial charge >= 0.3 is 0 Å². The summed E-state index contributed by atoms with van der Waals surface area (Å²) in [5.41, 5.74) is 2.63. The zero-order chi connectivity index (χ0) is 13.8. The van der Waals surface area contributed by atoms with Crippen LogP contribution in [0.1, 0.15) is 17.2 Å². The molecular weight excluding hydrogens is 314 g/mol. The van der Waals surface area contributed by atoms with Crippen molar-refractivity contribution in [2.75, 3.05) is 19.6 Å². The maximum atomic E-state index is 4.25. The second-order valence-electron chi connectivity index (χ2n) is 5.11. The van der Waals surface area contributed by atoms with Crippen LogP contribution in [0.3, 0.4) is 0 Å². The lowest BCUT2D eigenvalue weighted by Crippen LogP contribution is -2.45. The van der Waals surface area contributed by atoms with Crippen LogP contribution < -0.4 is 5.32 Å². The number of piperazine rings is 1. The van der Waals surface area contributed by atoms with Crippen LogP contribution in [0.5, 0.6) is 0 Å². The summed E-state index contributed by atoms with van der Waals surface area (Å²) in [7, 11) is 0. The van der Waals surface area contributed by atoms with Gasteiger partial charge in [0.25, 0.3) is 0 Å². The summed E-state index contributed by atoms with van der Waals surface area (Å²) in [5.74, 6) is 0. The van der Waals surface area contributed by atoms with Crippen LogP contribution in [-0.4, -0.2) is 29.5 Å². The van der Waals surface area contributed by atoms with Crippen LogP contribution in [0.15, 0.2) is 53.3 Å². The third-order valence-electron chi connectivity index (χ3n) is 3.70. The highest BCUT2D eigenvalue weighted by molar-refractivity contribution is 9.10. The van der Waals surface area contributed by atoms with E-state index in [1.165, 1.54) is 11.1 Å². The topological polar surface area (TPSA) is 28.2 Å². The second-order valence-corrected chi connectivity index (χ2v) is 6.02. The van der Waals surface area contributed by atoms with Crippen molar-refractivity contribution in [3.63, 3.8) is 0 Å². The van der Waals surface area contributed by atoms with E-state index in [1.807, 2.05) is 18.5 Å². The number of rotatable bonds is 3. The lowest BCUT2D eigenvalue weighted by atomic mass is 10.0. The second kappa shape index (κ2) is 6.48. The summed E-state index contributed by atoms with van der Waals surface area (Å²) in [4.78, 5) is 6.78. The van der Waals surface area contributed by atoms with Crippen molar-refractivity contribution in [3.05, 3.63) is 64.4 Å². The van der Waals surface area contributed by atoms with Crippen molar-refractivity contribution in [1.82, 2.24) is 15.2 Å². The molecule has 1 atom stereocenters. The Morgan fingerprint density at radius 1 is 1.30 bits per heavy atom. The van der Waals surface area contributed by atoms with Crippen molar-refractivity contribution in [3.8, 4) is 0 Å². The number of hydrogen-bond donors (Lipinski definition) is 1. The Morgan fingerprint density at radius 3 is 3.05 bits per heavy atom. The van der Waals surface area contributed by atoms with Gasteiger partial charge in [-0.15, -0.1) is 0 Å². The molecular formula is C16H18BrN3. The molecule has 3 rings (SSSR count). The van der Waals surface area contributed by atoms with Crippen LogP contribution in [0.4, 0.5) is 0 Å². The molecule has 1 aliphatic rings. The normalized spacial score (nSPS) is 19.9. The Labute approximate surface area is 128 Å². The van der Waals surface area contributed by atoms with Gasteiger partial charge in [0.2, 0.25) is 0 Å². The molecule has 0 spiro atoms. The molecule has 0 aliphatic carbocycles. The molecule has 3 nitrogen and oxygen atoms in total. The Balaban J connectivity index is 1.79. The van der Waals surface area contributed by atoms with E-state index in [4.69, 9.17) is 0 Å². The van der Waals surface area contributed by atoms with E-state index in [-0.39, 0.29) is 0 Å². The first kappa shape index (κ1) is 13.7. The zero-order valence-electron chi connectivity index (χ0n) is 11.3. The number of pyridine rings is 1. The molecule has 2 aromatic rings. The molecule has 104 valence electrons. The molecule has 1 fully saturated rings. The first-order valence-electron chi connectivity index (χ1n) is 6.92. The number of nitrogens with one attached hydrogen (secondary N) is 1. The van der Waals surface area contributed by atoms with E-state index in [9.17, 15) is 0 Å². The molecule has 1 aliphatic heterocycles. The monoisotopic (exact) mass is 331 g/mol. The molecule has 1 saturated heterocycles. The summed E-state index contributed by atoms with van der Waals surface area (Å²) in [6.45, 7) is 4.07. The van der Waals surface area contributed by atoms with E-state index in [0.717, 1.165) is 30.7 Å². The van der Waals surface area contributed by atoms with Crippen molar-refractivity contribution in [1.29, 1.82) is 0 Å². The van der Waals surface area contributed by atoms with Gasteiger partial charge < -0.3 is 5.32 Å². The van der Waals surface area contributed by atoms with Gasteiger partial charge in [0.15, 0.2) is 0 Å². The Kier molecular flexibility index (Phi) is 4.45. The van der Waals surface area contributed by atoms with Crippen LogP contribution in [0.25, 0.3) is 0 Å². The summed E-state index contributed by atoms with van der Waals surface area (Å²) in [6.07, 6.45) is 3.81. The van der Waals surface area contributed by atoms with E-state index >= 15 is 0 Å². The fraction of sp³-hybridized carbons (Fsp3) is 0.312. The van der Waals surface area contributed by atoms with E-state index < -0.39 is 0 Å². The van der Waals surface area contributed by atoms with Gasteiger partial charge in [-0.2, -0.15) is 0 Å². The van der Waals surface area contributed by atoms with E-state index in [0.29, 0.717) is 6.04 Å². The maximum Gasteiger partial charge on any atom is 0.0491 e. The molecule has 1 aromatic heterocycles. The first-order valence-corrected chi connectivity index (χ1v) is 7.71. The van der Waals surface area contributed by atoms with Gasteiger partial charge in [0, 0.05) is 49.1 Å². The molecule has 0 saturated carbocycles. The highest BCUT2D eigenvalue weighted by Gasteiger charge is 2.23. The quantitative estimate of drug-likeness (QED) is 0.937. The van der Waals surface area contributed by atoms with E-state index in [1.54, 1.807) is 0 Å². The smallest absolute Gasteiger partial charge is 0.0491 e. The maximum absolute atomic E-state index is 4.25. The Bertz CT molecular complexity index is 559. The predicted molar refractivity (Wildman–Crippen MR) is 84.4 cm³/mol. The fourth-order valence-corrected chi connectivity index (χ4v) is 3.15. The van der Waals surface area contributed by atoms with Crippen LogP contribution in [0, 0.1) is 0 Å². The third kappa shape index (κ3) is 3.26. The molecule has 0 radical (unpaired) electrons. The van der Waals surface area contributed by atoms with Crippen molar-refractivity contribution < 1.29 is 0 Å². The fourth-order valence-electron chi connectivity index (χ4n) is 2.71. The average Bonchev–Trinajstić information content (AvgIpc) is 2.49. The number of hydrogen-bond acceptors (Lipinski definition) is 3. The molecule has 2 heterocycles. The third-order valence-corrected chi connectivity index (χ3v) is 4.19. The van der Waals surface area contributed by atoms with Gasteiger partial charge in [-0.05, 0) is 29.3 Å². The zero-order valence-corrected chi connectivity index (χ0v) is 12.9. The number of aromatic nitrogens is 1. The minimum Gasteiger partial charge on any atom is -0.314 e. The average molecular weight is 332 g/mol. The molecule has 0 bridgehead atoms. The summed E-state index contributed by atoms with van der Waals surface area (Å²) < 4.78 is 1.14. The van der Waals surface area contributed by atoms with Crippen LogP contribution in [0.2, 0.25) is 0 Å². The highest BCUT2D eigenvalue weighted by atomic mass is 79.9. The number of benzene rings is 1. The largest absolute Gasteiger partial charge is 0.314 e. The lowest BCUT2D eigenvalue weighted by molar-refractivity contribution is 0.153. The molecule has 0 amide bonds. The van der Waals surface area contributed by atoms with Crippen molar-refractivity contribution >= 4 is 15.9 Å². The predicted octanol–water partition coefficient (Wildman–Crippen LogP) is 2.99. The lowest BCUT2D eigenvalue weighted by Gasteiger charge is -2.36. The summed E-state index contributed by atoms with van der Waals surface area (Å²) in [5, 5.41) is 3.48. The standard InChI is InChI=1S/C16H18BrN3/c17-15-5-1-3-13(9-15)12-20-8-7-19-11-16(20)14-4-2-6-18-10-14/h1-6,9-10,16,19H,7-8,11-12H2. The number of nitrogens with zero attached hydrogens (tertiary/aromatic N) is 2. The minimum atomic E-state index is 0.399. The van der Waals surface area contributed by atoms with Gasteiger partial charge in [0.05, 0.1) is 0 Å². The Hall–Kier alpha value is -1.23. The van der Waals surface area contributed by atoms with Crippen molar-refractivity contribution in [2.45, 2.75) is 12.6 Å². The molecule has 1 aromatic carbocycles. The number of halogens is 1. The van der Waals surface area contributed by atoms with Crippen LogP contribution >= 0.6 is 15.9 Å². The SMILES string of the molecule is Brc1cccc(CN2CCNCC2c2cccnc2)c1. The Morgan fingerprint density at radius 2 is 2.25 bits per heavy atom. The molecule has 20 heavy (non-hydrogen) atoms. The van der Waals surface area contributed by atoms with Gasteiger partial charge in [-0.1, -0.05) is 34.1 Å². The van der Waals surface area contributed by atoms with Crippen molar-refractivity contribution in [2.24, 2.45) is 0 Å². The molecule has 4 heteroatoms. The van der Waals surface area contributed by atoms with Crippen LogP contribution in [-0.2, 0) is 6.54 Å². The first-order chi connectivity index (χ1) is 9.83.